The molecule has 4 N–H and O–H groups in total. The van der Waals surface area contributed by atoms with E-state index in [4.69, 9.17) is 5.11 Å². The van der Waals surface area contributed by atoms with E-state index in [1.54, 1.807) is 23.5 Å². The smallest absolute Gasteiger partial charge is 0.318 e. The van der Waals surface area contributed by atoms with Gasteiger partial charge in [0.15, 0.2) is 0 Å². The molecule has 0 spiro atoms. The Morgan fingerprint density at radius 2 is 1.83 bits per heavy atom. The molecule has 0 unspecified atom stereocenters. The van der Waals surface area contributed by atoms with E-state index in [0.717, 1.165) is 0 Å². The van der Waals surface area contributed by atoms with E-state index in [1.165, 1.54) is 12.1 Å². The number of primary amides is 1. The number of benzene rings is 1. The van der Waals surface area contributed by atoms with Crippen molar-refractivity contribution in [2.24, 2.45) is 5.73 Å². The van der Waals surface area contributed by atoms with Gasteiger partial charge in [-0.1, -0.05) is 18.2 Å². The maximum atomic E-state index is 10.0. The van der Waals surface area contributed by atoms with Crippen LogP contribution in [0, 0.1) is 10.1 Å². The van der Waals surface area contributed by atoms with E-state index in [9.17, 15) is 19.7 Å². The van der Waals surface area contributed by atoms with Crippen LogP contribution in [-0.2, 0) is 4.79 Å². The van der Waals surface area contributed by atoms with Gasteiger partial charge in [0.25, 0.3) is 11.6 Å². The largest absolute Gasteiger partial charge is 0.387 e. The maximum Gasteiger partial charge on any atom is 0.318 e. The number of carbonyl (C=O) groups excluding carboxylic acids is 2. The number of rotatable bonds is 2. The SMILES string of the molecule is F.NC(=O)NC(=O)CO.O=[N+]([O-])c1ccccc1. The number of nitrogens with two attached hydrogens (primary N) is 1. The number of halogens is 1. The minimum absolute atomic E-state index is 0. The highest BCUT2D eigenvalue weighted by molar-refractivity contribution is 5.93. The molecule has 0 heterocycles. The summed E-state index contributed by atoms with van der Waals surface area (Å²) in [6.45, 7) is -0.719. The summed E-state index contributed by atoms with van der Waals surface area (Å²) >= 11 is 0. The molecule has 3 amide bonds. The van der Waals surface area contributed by atoms with E-state index in [2.05, 4.69) is 5.73 Å². The van der Waals surface area contributed by atoms with Crippen molar-refractivity contribution < 1.29 is 24.3 Å². The minimum Gasteiger partial charge on any atom is -0.387 e. The van der Waals surface area contributed by atoms with Crippen LogP contribution in [0.2, 0.25) is 0 Å². The third-order valence-corrected chi connectivity index (χ3v) is 1.37. The number of imide groups is 1. The van der Waals surface area contributed by atoms with Gasteiger partial charge in [0.1, 0.15) is 6.61 Å². The van der Waals surface area contributed by atoms with Gasteiger partial charge >= 0.3 is 6.03 Å². The molecule has 1 aromatic carbocycles. The average Bonchev–Trinajstić information content (AvgIpc) is 2.30. The first kappa shape index (κ1) is 17.8. The molecule has 18 heavy (non-hydrogen) atoms. The zero-order valence-corrected chi connectivity index (χ0v) is 9.11. The molecule has 1 aromatic rings. The molecule has 8 nitrogen and oxygen atoms in total. The minimum atomic E-state index is -0.955. The number of nitrogens with one attached hydrogen (secondary N) is 1. The summed E-state index contributed by atoms with van der Waals surface area (Å²) in [5.74, 6) is -0.794. The molecule has 0 aromatic heterocycles. The molecular formula is C9H12FN3O5. The number of aliphatic hydroxyl groups is 1. The van der Waals surface area contributed by atoms with Crippen molar-refractivity contribution in [3.8, 4) is 0 Å². The average molecular weight is 261 g/mol. The fraction of sp³-hybridized carbons (Fsp3) is 0.111. The monoisotopic (exact) mass is 261 g/mol. The predicted molar refractivity (Wildman–Crippen MR) is 60.4 cm³/mol. The van der Waals surface area contributed by atoms with Crippen molar-refractivity contribution in [3.63, 3.8) is 0 Å². The van der Waals surface area contributed by atoms with Gasteiger partial charge in [-0.15, -0.1) is 0 Å². The Morgan fingerprint density at radius 1 is 1.33 bits per heavy atom. The van der Waals surface area contributed by atoms with Gasteiger partial charge in [-0.2, -0.15) is 0 Å². The number of carbonyl (C=O) groups is 2. The molecule has 0 fully saturated rings. The van der Waals surface area contributed by atoms with Crippen molar-refractivity contribution in [2.75, 3.05) is 6.61 Å². The van der Waals surface area contributed by atoms with Crippen molar-refractivity contribution in [3.05, 3.63) is 40.4 Å². The summed E-state index contributed by atoms with van der Waals surface area (Å²) < 4.78 is 0. The molecule has 0 bridgehead atoms. The van der Waals surface area contributed by atoms with Gasteiger partial charge in [0.05, 0.1) is 4.92 Å². The van der Waals surface area contributed by atoms with E-state index in [1.807, 2.05) is 0 Å². The molecule has 9 heteroatoms. The zero-order valence-electron chi connectivity index (χ0n) is 9.11. The van der Waals surface area contributed by atoms with Gasteiger partial charge in [0.2, 0.25) is 0 Å². The molecule has 0 aliphatic carbocycles. The van der Waals surface area contributed by atoms with Crippen LogP contribution in [0.15, 0.2) is 30.3 Å². The van der Waals surface area contributed by atoms with Gasteiger partial charge in [0, 0.05) is 12.1 Å². The summed E-state index contributed by atoms with van der Waals surface area (Å²) in [4.78, 5) is 29.3. The summed E-state index contributed by atoms with van der Waals surface area (Å²) in [5.41, 5.74) is 4.62. The number of nitrogens with zero attached hydrogens (tertiary/aromatic N) is 1. The second kappa shape index (κ2) is 9.66. The molecule has 1 rings (SSSR count). The van der Waals surface area contributed by atoms with E-state index >= 15 is 0 Å². The molecule has 0 saturated carbocycles. The second-order valence-corrected chi connectivity index (χ2v) is 2.66. The van der Waals surface area contributed by atoms with Crippen molar-refractivity contribution >= 4 is 17.6 Å². The Hall–Kier alpha value is -2.55. The lowest BCUT2D eigenvalue weighted by Crippen LogP contribution is -2.36. The number of nitro benzene ring substituents is 1. The number of urea groups is 1. The number of hydrogen-bond acceptors (Lipinski definition) is 5. The van der Waals surface area contributed by atoms with Crippen molar-refractivity contribution in [2.45, 2.75) is 0 Å². The fourth-order valence-electron chi connectivity index (χ4n) is 0.727. The lowest BCUT2D eigenvalue weighted by Gasteiger charge is -1.92. The van der Waals surface area contributed by atoms with E-state index < -0.39 is 23.5 Å². The Balaban J connectivity index is 0. The third kappa shape index (κ3) is 8.73. The van der Waals surface area contributed by atoms with Crippen LogP contribution in [0.4, 0.5) is 15.2 Å². The predicted octanol–water partition coefficient (Wildman–Crippen LogP) is -0.0791. The Bertz CT molecular complexity index is 398. The molecule has 0 radical (unpaired) electrons. The standard InChI is InChI=1S/C6H5NO2.C3H6N2O3.FH/c8-7(9)6-4-2-1-3-5-6;4-3(8)5-2(7)1-6;/h1-5H;6H,1H2,(H3,4,5,7,8);1H. The summed E-state index contributed by atoms with van der Waals surface area (Å²) in [6, 6.07) is 6.98. The Morgan fingerprint density at radius 3 is 2.06 bits per heavy atom. The van der Waals surface area contributed by atoms with Gasteiger partial charge in [-0.05, 0) is 0 Å². The molecule has 0 aliphatic heterocycles. The number of amides is 3. The summed E-state index contributed by atoms with van der Waals surface area (Å²) in [6.07, 6.45) is 0. The van der Waals surface area contributed by atoms with Gasteiger partial charge in [-0.3, -0.25) is 24.9 Å². The molecule has 100 valence electrons. The first-order chi connectivity index (χ1) is 7.97. The van der Waals surface area contributed by atoms with Crippen LogP contribution in [0.1, 0.15) is 0 Å². The first-order valence-corrected chi connectivity index (χ1v) is 4.37. The van der Waals surface area contributed by atoms with Crippen LogP contribution in [0.3, 0.4) is 0 Å². The summed E-state index contributed by atoms with van der Waals surface area (Å²) in [5, 5.41) is 19.6. The summed E-state index contributed by atoms with van der Waals surface area (Å²) in [7, 11) is 0. The van der Waals surface area contributed by atoms with Crippen LogP contribution >= 0.6 is 0 Å². The maximum absolute atomic E-state index is 10.0. The number of aliphatic hydroxyl groups excluding tert-OH is 1. The lowest BCUT2D eigenvalue weighted by atomic mass is 10.3. The first-order valence-electron chi connectivity index (χ1n) is 4.37. The van der Waals surface area contributed by atoms with Gasteiger partial charge < -0.3 is 10.8 Å². The number of non-ortho nitro benzene ring substituents is 1. The van der Waals surface area contributed by atoms with E-state index in [0.29, 0.717) is 0 Å². The lowest BCUT2D eigenvalue weighted by molar-refractivity contribution is -0.384. The number of para-hydroxylation sites is 1. The third-order valence-electron chi connectivity index (χ3n) is 1.37. The Labute approximate surface area is 101 Å². The van der Waals surface area contributed by atoms with Crippen LogP contribution in [0.25, 0.3) is 0 Å². The fourth-order valence-corrected chi connectivity index (χ4v) is 0.727. The van der Waals surface area contributed by atoms with Crippen LogP contribution in [-0.4, -0.2) is 28.6 Å². The normalized spacial score (nSPS) is 8.06. The Kier molecular flexibility index (Phi) is 9.57. The quantitative estimate of drug-likeness (QED) is 0.505. The number of nitro groups is 1. The van der Waals surface area contributed by atoms with E-state index in [-0.39, 0.29) is 10.4 Å². The van der Waals surface area contributed by atoms with Crippen molar-refractivity contribution in [1.29, 1.82) is 0 Å². The number of hydrogen-bond donors (Lipinski definition) is 3. The second-order valence-electron chi connectivity index (χ2n) is 2.66. The highest BCUT2D eigenvalue weighted by atomic mass is 19.0. The zero-order chi connectivity index (χ0) is 13.3. The topological polar surface area (TPSA) is 136 Å². The van der Waals surface area contributed by atoms with Gasteiger partial charge in [-0.25, -0.2) is 4.79 Å². The molecule has 0 saturated heterocycles. The molecular weight excluding hydrogens is 249 g/mol. The highest BCUT2D eigenvalue weighted by Gasteiger charge is 1.99. The molecule has 0 atom stereocenters. The van der Waals surface area contributed by atoms with Crippen LogP contribution < -0.4 is 11.1 Å². The van der Waals surface area contributed by atoms with Crippen molar-refractivity contribution in [1.82, 2.24) is 5.32 Å². The van der Waals surface area contributed by atoms with Crippen LogP contribution in [0.5, 0.6) is 0 Å². The molecule has 0 aliphatic rings. The highest BCUT2D eigenvalue weighted by Crippen LogP contribution is 2.06.